The van der Waals surface area contributed by atoms with Crippen LogP contribution in [-0.2, 0) is 4.79 Å². The summed E-state index contributed by atoms with van der Waals surface area (Å²) in [6.07, 6.45) is 1.53. The number of carbonyl (C=O) groups excluding carboxylic acids is 1. The Kier molecular flexibility index (Phi) is 6.43. The predicted molar refractivity (Wildman–Crippen MR) is 106 cm³/mol. The lowest BCUT2D eigenvalue weighted by atomic mass is 10.2. The highest BCUT2D eigenvalue weighted by atomic mass is 35.5. The van der Waals surface area contributed by atoms with E-state index >= 15 is 0 Å². The minimum atomic E-state index is -0.330. The number of rotatable bonds is 7. The van der Waals surface area contributed by atoms with E-state index in [1.165, 1.54) is 32.5 Å². The zero-order valence-electron chi connectivity index (χ0n) is 15.0. The van der Waals surface area contributed by atoms with E-state index in [0.717, 1.165) is 11.8 Å². The predicted octanol–water partition coefficient (Wildman–Crippen LogP) is 4.88. The van der Waals surface area contributed by atoms with Crippen molar-refractivity contribution in [1.82, 2.24) is 4.98 Å². The standard InChI is InChI=1S/C19H16ClFN2O4S/c1-25-15-8-16(26-2)14(7-13(15)20)23-18(24)10-28-19-22-9-17(27-19)11-3-5-12(21)6-4-11/h3-9H,10H2,1-2H3,(H,23,24). The molecule has 146 valence electrons. The normalized spacial score (nSPS) is 10.6. The Morgan fingerprint density at radius 3 is 2.61 bits per heavy atom. The maximum Gasteiger partial charge on any atom is 0.256 e. The number of anilines is 1. The number of nitrogens with zero attached hydrogens (tertiary/aromatic N) is 1. The molecule has 0 unspecified atom stereocenters. The number of nitrogens with one attached hydrogen (secondary N) is 1. The molecule has 0 aliphatic rings. The molecule has 0 bridgehead atoms. The number of oxazole rings is 1. The molecule has 28 heavy (non-hydrogen) atoms. The quantitative estimate of drug-likeness (QED) is 0.547. The van der Waals surface area contributed by atoms with Gasteiger partial charge in [-0.3, -0.25) is 4.79 Å². The highest BCUT2D eigenvalue weighted by Gasteiger charge is 2.14. The number of amides is 1. The van der Waals surface area contributed by atoms with Gasteiger partial charge in [0.2, 0.25) is 5.91 Å². The summed E-state index contributed by atoms with van der Waals surface area (Å²) in [5.74, 6) is 0.811. The van der Waals surface area contributed by atoms with E-state index in [9.17, 15) is 9.18 Å². The van der Waals surface area contributed by atoms with E-state index in [1.54, 1.807) is 24.3 Å². The average molecular weight is 423 g/mol. The van der Waals surface area contributed by atoms with E-state index in [0.29, 0.717) is 38.8 Å². The van der Waals surface area contributed by atoms with Crippen molar-refractivity contribution in [3.05, 3.63) is 53.4 Å². The van der Waals surface area contributed by atoms with E-state index in [2.05, 4.69) is 10.3 Å². The second-order valence-corrected chi connectivity index (χ2v) is 6.85. The van der Waals surface area contributed by atoms with Crippen LogP contribution in [0, 0.1) is 5.82 Å². The van der Waals surface area contributed by atoms with Crippen molar-refractivity contribution < 1.29 is 23.1 Å². The van der Waals surface area contributed by atoms with Gasteiger partial charge in [0.25, 0.3) is 5.22 Å². The Bertz CT molecular complexity index is 979. The summed E-state index contributed by atoms with van der Waals surface area (Å²) in [7, 11) is 2.98. The van der Waals surface area contributed by atoms with E-state index in [1.807, 2.05) is 0 Å². The monoisotopic (exact) mass is 422 g/mol. The zero-order valence-corrected chi connectivity index (χ0v) is 16.6. The molecular formula is C19H16ClFN2O4S. The minimum absolute atomic E-state index is 0.0656. The molecule has 1 amide bonds. The van der Waals surface area contributed by atoms with Gasteiger partial charge in [-0.05, 0) is 30.3 Å². The van der Waals surface area contributed by atoms with Crippen molar-refractivity contribution in [3.8, 4) is 22.8 Å². The van der Waals surface area contributed by atoms with E-state index < -0.39 is 0 Å². The number of halogens is 2. The van der Waals surface area contributed by atoms with Crippen molar-refractivity contribution in [2.75, 3.05) is 25.3 Å². The molecule has 2 aromatic carbocycles. The van der Waals surface area contributed by atoms with Crippen LogP contribution in [0.25, 0.3) is 11.3 Å². The van der Waals surface area contributed by atoms with Gasteiger partial charge in [-0.15, -0.1) is 0 Å². The van der Waals surface area contributed by atoms with Crippen molar-refractivity contribution in [1.29, 1.82) is 0 Å². The third-order valence-electron chi connectivity index (χ3n) is 3.69. The van der Waals surface area contributed by atoms with Gasteiger partial charge in [-0.2, -0.15) is 0 Å². The fourth-order valence-corrected chi connectivity index (χ4v) is 3.19. The Labute approximate surface area is 170 Å². The number of aromatic nitrogens is 1. The maximum atomic E-state index is 13.0. The first-order valence-corrected chi connectivity index (χ1v) is 9.42. The minimum Gasteiger partial charge on any atom is -0.495 e. The van der Waals surface area contributed by atoms with Crippen molar-refractivity contribution >= 4 is 35.0 Å². The molecule has 1 N–H and O–H groups in total. The molecule has 3 rings (SSSR count). The molecule has 0 saturated heterocycles. The van der Waals surface area contributed by atoms with Crippen molar-refractivity contribution in [2.45, 2.75) is 5.22 Å². The lowest BCUT2D eigenvalue weighted by molar-refractivity contribution is -0.113. The molecule has 0 saturated carbocycles. The summed E-state index contributed by atoms with van der Waals surface area (Å²) >= 11 is 7.23. The number of ether oxygens (including phenoxy) is 2. The lowest BCUT2D eigenvalue weighted by Crippen LogP contribution is -2.14. The number of hydrogen-bond donors (Lipinski definition) is 1. The lowest BCUT2D eigenvalue weighted by Gasteiger charge is -2.12. The number of carbonyl (C=O) groups is 1. The van der Waals surface area contributed by atoms with Crippen LogP contribution in [-0.4, -0.2) is 30.9 Å². The molecule has 0 aliphatic carbocycles. The van der Waals surface area contributed by atoms with Crippen LogP contribution >= 0.6 is 23.4 Å². The van der Waals surface area contributed by atoms with E-state index in [4.69, 9.17) is 25.5 Å². The van der Waals surface area contributed by atoms with Crippen LogP contribution in [0.4, 0.5) is 10.1 Å². The summed E-state index contributed by atoms with van der Waals surface area (Å²) in [4.78, 5) is 16.4. The Balaban J connectivity index is 1.62. The van der Waals surface area contributed by atoms with Gasteiger partial charge in [0.15, 0.2) is 5.76 Å². The van der Waals surface area contributed by atoms with Crippen LogP contribution in [0.3, 0.4) is 0 Å². The summed E-state index contributed by atoms with van der Waals surface area (Å²) in [5, 5.41) is 3.41. The Morgan fingerprint density at radius 1 is 1.21 bits per heavy atom. The van der Waals surface area contributed by atoms with Gasteiger partial charge in [0.05, 0.1) is 36.9 Å². The third-order valence-corrected chi connectivity index (χ3v) is 4.83. The highest BCUT2D eigenvalue weighted by molar-refractivity contribution is 7.99. The smallest absolute Gasteiger partial charge is 0.256 e. The summed E-state index contributed by atoms with van der Waals surface area (Å²) in [6, 6.07) is 9.01. The van der Waals surface area contributed by atoms with Gasteiger partial charge in [0, 0.05) is 11.6 Å². The summed E-state index contributed by atoms with van der Waals surface area (Å²) in [5.41, 5.74) is 1.13. The Morgan fingerprint density at radius 2 is 1.93 bits per heavy atom. The molecular weight excluding hydrogens is 407 g/mol. The third kappa shape index (κ3) is 4.76. The first kappa shape index (κ1) is 20.0. The number of benzene rings is 2. The topological polar surface area (TPSA) is 73.6 Å². The van der Waals surface area contributed by atoms with Gasteiger partial charge >= 0.3 is 0 Å². The largest absolute Gasteiger partial charge is 0.495 e. The van der Waals surface area contributed by atoms with Gasteiger partial charge in [-0.1, -0.05) is 23.4 Å². The fourth-order valence-electron chi connectivity index (χ4n) is 2.34. The molecule has 0 fully saturated rings. The van der Waals surface area contributed by atoms with Crippen molar-refractivity contribution in [3.63, 3.8) is 0 Å². The highest BCUT2D eigenvalue weighted by Crippen LogP contribution is 2.36. The molecule has 9 heteroatoms. The molecule has 0 atom stereocenters. The van der Waals surface area contributed by atoms with Crippen LogP contribution in [0.15, 0.2) is 52.2 Å². The molecule has 3 aromatic rings. The maximum absolute atomic E-state index is 13.0. The fraction of sp³-hybridized carbons (Fsp3) is 0.158. The van der Waals surface area contributed by atoms with Crippen LogP contribution in [0.5, 0.6) is 11.5 Å². The molecule has 0 radical (unpaired) electrons. The average Bonchev–Trinajstić information content (AvgIpc) is 3.16. The van der Waals surface area contributed by atoms with E-state index in [-0.39, 0.29) is 17.5 Å². The molecule has 0 spiro atoms. The first-order valence-electron chi connectivity index (χ1n) is 8.06. The summed E-state index contributed by atoms with van der Waals surface area (Å²) < 4.78 is 29.0. The summed E-state index contributed by atoms with van der Waals surface area (Å²) in [6.45, 7) is 0. The van der Waals surface area contributed by atoms with Gasteiger partial charge in [-0.25, -0.2) is 9.37 Å². The Hall–Kier alpha value is -2.71. The molecule has 0 aliphatic heterocycles. The van der Waals surface area contributed by atoms with Crippen LogP contribution in [0.2, 0.25) is 5.02 Å². The SMILES string of the molecule is COc1cc(OC)c(NC(=O)CSc2ncc(-c3ccc(F)cc3)o2)cc1Cl. The van der Waals surface area contributed by atoms with Crippen LogP contribution < -0.4 is 14.8 Å². The van der Waals surface area contributed by atoms with Gasteiger partial charge in [0.1, 0.15) is 17.3 Å². The molecule has 6 nitrogen and oxygen atoms in total. The number of methoxy groups -OCH3 is 2. The van der Waals surface area contributed by atoms with Gasteiger partial charge < -0.3 is 19.2 Å². The molecule has 1 aromatic heterocycles. The molecule has 1 heterocycles. The second kappa shape index (κ2) is 8.99. The zero-order chi connectivity index (χ0) is 20.1. The first-order chi connectivity index (χ1) is 13.5. The van der Waals surface area contributed by atoms with Crippen molar-refractivity contribution in [2.24, 2.45) is 0 Å². The number of hydrogen-bond acceptors (Lipinski definition) is 6. The van der Waals surface area contributed by atoms with Crippen LogP contribution in [0.1, 0.15) is 0 Å². The number of thioether (sulfide) groups is 1. The second-order valence-electron chi connectivity index (χ2n) is 5.52.